The largest absolute Gasteiger partial charge is 0.295 e. The van der Waals surface area contributed by atoms with Crippen molar-refractivity contribution in [1.82, 2.24) is 32.9 Å². The third-order valence-corrected chi connectivity index (χ3v) is 13.6. The molecule has 0 radical (unpaired) electrons. The molecule has 1 aliphatic rings. The van der Waals surface area contributed by atoms with E-state index in [0.29, 0.717) is 0 Å². The Morgan fingerprint density at radius 2 is 0.947 bits per heavy atom. The van der Waals surface area contributed by atoms with E-state index >= 15 is 0 Å². The quantitative estimate of drug-likeness (QED) is 0.211. The third kappa shape index (κ3) is 7.41. The number of nitrogens with zero attached hydrogens (tertiary/aromatic N) is 13. The lowest BCUT2D eigenvalue weighted by molar-refractivity contribution is 0.322. The standard InChI is InChI=1S/C23H49N13P2/c1-30(2)37(31(3)4,32(5)6)28-26-24-22-19-36(18-21-16-14-13-15-17-21)20-23(22)25-27-29-38(33(7)8,34(9)10)35(11)12/h13-17,22-23H,18-20H2,1-12H3/t22-,23-/m1/s1. The normalized spacial score (nSPS) is 20.1. The number of likely N-dealkylation sites (tertiary alicyclic amines) is 1. The molecule has 0 aliphatic carbocycles. The maximum atomic E-state index is 4.77. The Morgan fingerprint density at radius 3 is 1.26 bits per heavy atom. The van der Waals surface area contributed by atoms with Crippen molar-refractivity contribution in [2.75, 3.05) is 97.7 Å². The lowest BCUT2D eigenvalue weighted by atomic mass is 10.2. The average Bonchev–Trinajstić information content (AvgIpc) is 3.19. The van der Waals surface area contributed by atoms with Crippen LogP contribution in [0.4, 0.5) is 0 Å². The minimum absolute atomic E-state index is 0.166. The van der Waals surface area contributed by atoms with Crippen molar-refractivity contribution in [3.63, 3.8) is 0 Å². The summed E-state index contributed by atoms with van der Waals surface area (Å²) < 4.78 is 12.7. The predicted octanol–water partition coefficient (Wildman–Crippen LogP) is 4.24. The first kappa shape index (κ1) is 32.8. The molecule has 0 amide bonds. The van der Waals surface area contributed by atoms with E-state index in [2.05, 4.69) is 67.6 Å². The van der Waals surface area contributed by atoms with Crippen LogP contribution in [0.1, 0.15) is 5.56 Å². The van der Waals surface area contributed by atoms with Crippen LogP contribution < -0.4 is 0 Å². The fraction of sp³-hybridized carbons (Fsp3) is 0.739. The van der Waals surface area contributed by atoms with E-state index in [4.69, 9.17) is 19.9 Å². The minimum Gasteiger partial charge on any atom is -0.295 e. The van der Waals surface area contributed by atoms with Gasteiger partial charge in [-0.1, -0.05) is 30.3 Å². The molecule has 2 rings (SSSR count). The van der Waals surface area contributed by atoms with Crippen LogP contribution in [-0.2, 0) is 6.54 Å². The molecule has 1 saturated heterocycles. The highest BCUT2D eigenvalue weighted by atomic mass is 31.2. The van der Waals surface area contributed by atoms with Gasteiger partial charge in [0, 0.05) is 19.6 Å². The zero-order valence-electron chi connectivity index (χ0n) is 25.4. The number of hydrogen-bond acceptors (Lipinski definition) is 3. The molecule has 0 spiro atoms. The molecule has 15 heteroatoms. The summed E-state index contributed by atoms with van der Waals surface area (Å²) in [6.07, 6.45) is 0. The molecule has 0 N–H and O–H groups in total. The summed E-state index contributed by atoms with van der Waals surface area (Å²) in [5.74, 6) is 0. The van der Waals surface area contributed by atoms with Gasteiger partial charge >= 0.3 is 0 Å². The van der Waals surface area contributed by atoms with E-state index in [1.165, 1.54) is 5.56 Å². The summed E-state index contributed by atoms with van der Waals surface area (Å²) in [6.45, 7) is 2.27. The van der Waals surface area contributed by atoms with E-state index in [-0.39, 0.29) is 12.1 Å². The number of rotatable bonds is 12. The van der Waals surface area contributed by atoms with Gasteiger partial charge in [0.15, 0.2) is 15.0 Å². The number of hydrogen-bond donors (Lipinski definition) is 0. The van der Waals surface area contributed by atoms with Crippen molar-refractivity contribution in [3.05, 3.63) is 35.9 Å². The fourth-order valence-electron chi connectivity index (χ4n) is 4.96. The van der Waals surface area contributed by atoms with Crippen LogP contribution in [0, 0.1) is 0 Å². The molecule has 1 aromatic rings. The van der Waals surface area contributed by atoms with Gasteiger partial charge in [0.1, 0.15) is 12.1 Å². The molecule has 2 atom stereocenters. The van der Waals surface area contributed by atoms with Crippen molar-refractivity contribution < 1.29 is 0 Å². The van der Waals surface area contributed by atoms with Crippen LogP contribution in [0.5, 0.6) is 0 Å². The Kier molecular flexibility index (Phi) is 12.3. The van der Waals surface area contributed by atoms with Crippen LogP contribution in [0.2, 0.25) is 0 Å². The molecule has 0 unspecified atom stereocenters. The van der Waals surface area contributed by atoms with E-state index in [1.807, 2.05) is 90.6 Å². The van der Waals surface area contributed by atoms with Crippen molar-refractivity contribution in [3.8, 4) is 0 Å². The highest BCUT2D eigenvalue weighted by Gasteiger charge is 2.35. The first-order chi connectivity index (χ1) is 17.8. The van der Waals surface area contributed by atoms with E-state index in [9.17, 15) is 0 Å². The van der Waals surface area contributed by atoms with Gasteiger partial charge in [-0.2, -0.15) is 10.2 Å². The molecule has 1 aliphatic heterocycles. The van der Waals surface area contributed by atoms with Crippen LogP contribution in [0.15, 0.2) is 60.7 Å². The summed E-state index contributed by atoms with van der Waals surface area (Å²) in [7, 11) is 20.0. The first-order valence-electron chi connectivity index (χ1n) is 12.6. The molecule has 1 heterocycles. The second-order valence-electron chi connectivity index (χ2n) is 10.6. The Balaban J connectivity index is 2.43. The van der Waals surface area contributed by atoms with Crippen molar-refractivity contribution in [2.24, 2.45) is 30.4 Å². The summed E-state index contributed by atoms with van der Waals surface area (Å²) in [5, 5.41) is 18.2. The van der Waals surface area contributed by atoms with E-state index < -0.39 is 15.0 Å². The molecule has 38 heavy (non-hydrogen) atoms. The van der Waals surface area contributed by atoms with Crippen LogP contribution >= 0.6 is 15.0 Å². The molecule has 13 nitrogen and oxygen atoms in total. The lowest BCUT2D eigenvalue weighted by Crippen LogP contribution is -2.30. The highest BCUT2D eigenvalue weighted by molar-refractivity contribution is 7.59. The first-order valence-corrected chi connectivity index (χ1v) is 15.8. The maximum Gasteiger partial charge on any atom is 0.193 e. The summed E-state index contributed by atoms with van der Waals surface area (Å²) in [6, 6.07) is 10.1. The van der Waals surface area contributed by atoms with Gasteiger partial charge in [-0.05, 0) is 101 Å². The molecule has 216 valence electrons. The summed E-state index contributed by atoms with van der Waals surface area (Å²) in [5.41, 5.74) is 1.26. The van der Waals surface area contributed by atoms with E-state index in [1.54, 1.807) is 0 Å². The van der Waals surface area contributed by atoms with Crippen LogP contribution in [-0.4, -0.2) is 143 Å². The predicted molar refractivity (Wildman–Crippen MR) is 160 cm³/mol. The molecule has 1 aromatic carbocycles. The zero-order valence-corrected chi connectivity index (χ0v) is 27.2. The van der Waals surface area contributed by atoms with Gasteiger partial charge in [-0.25, -0.2) is 0 Å². The van der Waals surface area contributed by atoms with Crippen molar-refractivity contribution in [1.29, 1.82) is 0 Å². The lowest BCUT2D eigenvalue weighted by Gasteiger charge is -2.39. The van der Waals surface area contributed by atoms with Gasteiger partial charge in [0.25, 0.3) is 0 Å². The highest BCUT2D eigenvalue weighted by Crippen LogP contribution is 2.55. The minimum atomic E-state index is -2.17. The Hall–Kier alpha value is -1.40. The van der Waals surface area contributed by atoms with Gasteiger partial charge in [-0.3, -0.25) is 32.9 Å². The van der Waals surface area contributed by atoms with Gasteiger partial charge in [0.2, 0.25) is 0 Å². The van der Waals surface area contributed by atoms with Crippen molar-refractivity contribution in [2.45, 2.75) is 18.6 Å². The smallest absolute Gasteiger partial charge is 0.193 e. The average molecular weight is 570 g/mol. The topological polar surface area (TPSA) is 96.8 Å². The summed E-state index contributed by atoms with van der Waals surface area (Å²) >= 11 is 0. The van der Waals surface area contributed by atoms with Gasteiger partial charge in [0.05, 0.1) is 0 Å². The maximum absolute atomic E-state index is 4.77. The van der Waals surface area contributed by atoms with Gasteiger partial charge < -0.3 is 0 Å². The fourth-order valence-corrected chi connectivity index (χ4v) is 10.5. The Morgan fingerprint density at radius 1 is 0.605 bits per heavy atom. The molecule has 0 aromatic heterocycles. The monoisotopic (exact) mass is 569 g/mol. The van der Waals surface area contributed by atoms with Gasteiger partial charge in [-0.15, -0.1) is 9.71 Å². The molecular formula is C23H49N13P2. The Labute approximate surface area is 230 Å². The second-order valence-corrected chi connectivity index (χ2v) is 17.9. The van der Waals surface area contributed by atoms with E-state index in [0.717, 1.165) is 19.6 Å². The van der Waals surface area contributed by atoms with Crippen molar-refractivity contribution >= 4 is 15.0 Å². The number of benzene rings is 1. The summed E-state index contributed by atoms with van der Waals surface area (Å²) in [4.78, 5) is 11.9. The van der Waals surface area contributed by atoms with Crippen LogP contribution in [0.3, 0.4) is 0 Å². The molecule has 0 bridgehead atoms. The second kappa shape index (κ2) is 14.3. The Bertz CT molecular complexity index is 916. The van der Waals surface area contributed by atoms with Crippen LogP contribution in [0.25, 0.3) is 0 Å². The molecule has 0 saturated carbocycles. The molecular weight excluding hydrogens is 520 g/mol. The third-order valence-electron chi connectivity index (χ3n) is 6.52. The SMILES string of the molecule is CN(C)P(=NN=N[C@@H]1CN(Cc2ccccc2)C[C@H]1N=NN=P(N(C)C)(N(C)C)N(C)C)(N(C)C)N(C)C. The zero-order chi connectivity index (χ0) is 28.7. The molecule has 1 fully saturated rings.